The lowest BCUT2D eigenvalue weighted by molar-refractivity contribution is 0.659. The second-order valence-electron chi connectivity index (χ2n) is 5.38. The maximum Gasteiger partial charge on any atom is 0.200 e. The van der Waals surface area contributed by atoms with E-state index in [1.807, 2.05) is 60.7 Å². The maximum absolute atomic E-state index is 12.8. The largest absolute Gasteiger partial charge is 0.456 e. The highest BCUT2D eigenvalue weighted by molar-refractivity contribution is 5.91. The van der Waals surface area contributed by atoms with Gasteiger partial charge in [0.05, 0.1) is 10.8 Å². The van der Waals surface area contributed by atoms with Gasteiger partial charge in [-0.2, -0.15) is 0 Å². The zero-order chi connectivity index (χ0) is 14.9. The van der Waals surface area contributed by atoms with Crippen molar-refractivity contribution in [3.8, 4) is 0 Å². The Balaban J connectivity index is 2.00. The van der Waals surface area contributed by atoms with E-state index in [0.29, 0.717) is 21.9 Å². The molecule has 0 N–H and O–H groups in total. The Morgan fingerprint density at radius 1 is 0.727 bits per heavy atom. The van der Waals surface area contributed by atoms with Gasteiger partial charge in [0.2, 0.25) is 5.43 Å². The highest BCUT2D eigenvalue weighted by Crippen LogP contribution is 2.22. The van der Waals surface area contributed by atoms with Crippen molar-refractivity contribution in [1.82, 2.24) is 0 Å². The van der Waals surface area contributed by atoms with E-state index < -0.39 is 0 Å². The molecule has 4 rings (SSSR count). The Hall–Kier alpha value is -2.87. The lowest BCUT2D eigenvalue weighted by Crippen LogP contribution is -2.05. The zero-order valence-electron chi connectivity index (χ0n) is 12.0. The molecule has 3 aromatic carbocycles. The molecule has 0 amide bonds. The molecule has 0 bridgehead atoms. The van der Waals surface area contributed by atoms with Gasteiger partial charge in [0, 0.05) is 0 Å². The quantitative estimate of drug-likeness (QED) is 0.506. The van der Waals surface area contributed by atoms with E-state index >= 15 is 0 Å². The molecule has 0 saturated heterocycles. The van der Waals surface area contributed by atoms with Crippen molar-refractivity contribution in [3.05, 3.63) is 94.1 Å². The molecule has 1 aromatic heterocycles. The van der Waals surface area contributed by atoms with E-state index in [1.165, 1.54) is 5.56 Å². The number of para-hydroxylation sites is 1. The first-order valence-electron chi connectivity index (χ1n) is 7.30. The molecule has 2 heteroatoms. The average Bonchev–Trinajstić information content (AvgIpc) is 2.56. The summed E-state index contributed by atoms with van der Waals surface area (Å²) in [4.78, 5) is 12.8. The van der Waals surface area contributed by atoms with Gasteiger partial charge in [-0.25, -0.2) is 0 Å². The molecule has 4 aromatic rings. The fourth-order valence-corrected chi connectivity index (χ4v) is 2.88. The summed E-state index contributed by atoms with van der Waals surface area (Å²) in [5.41, 5.74) is 3.52. The second-order valence-corrected chi connectivity index (χ2v) is 5.38. The van der Waals surface area contributed by atoms with Crippen LogP contribution >= 0.6 is 0 Å². The summed E-state index contributed by atoms with van der Waals surface area (Å²) in [6, 6.07) is 23.4. The number of benzene rings is 3. The van der Waals surface area contributed by atoms with Crippen LogP contribution in [0.5, 0.6) is 0 Å². The predicted octanol–water partition coefficient (Wildman–Crippen LogP) is 4.54. The molecule has 2 nitrogen and oxygen atoms in total. The molecule has 0 aliphatic heterocycles. The highest BCUT2D eigenvalue weighted by atomic mass is 16.3. The van der Waals surface area contributed by atoms with Crippen molar-refractivity contribution in [2.75, 3.05) is 0 Å². The minimum atomic E-state index is 0.0448. The van der Waals surface area contributed by atoms with Gasteiger partial charge in [-0.3, -0.25) is 4.79 Å². The molecule has 0 fully saturated rings. The van der Waals surface area contributed by atoms with Gasteiger partial charge in [0.25, 0.3) is 0 Å². The van der Waals surface area contributed by atoms with Gasteiger partial charge in [-0.15, -0.1) is 0 Å². The summed E-state index contributed by atoms with van der Waals surface area (Å²) in [7, 11) is 0. The molecule has 0 spiro atoms. The normalized spacial score (nSPS) is 11.1. The molecule has 0 radical (unpaired) electrons. The van der Waals surface area contributed by atoms with Gasteiger partial charge >= 0.3 is 0 Å². The summed E-state index contributed by atoms with van der Waals surface area (Å²) < 4.78 is 5.91. The first-order chi connectivity index (χ1) is 10.8. The third-order valence-electron chi connectivity index (χ3n) is 3.93. The summed E-state index contributed by atoms with van der Waals surface area (Å²) in [6.07, 6.45) is 0.723. The Bertz CT molecular complexity index is 1010. The third-order valence-corrected chi connectivity index (χ3v) is 3.93. The molecule has 22 heavy (non-hydrogen) atoms. The van der Waals surface area contributed by atoms with Crippen LogP contribution < -0.4 is 5.43 Å². The van der Waals surface area contributed by atoms with Crippen molar-refractivity contribution >= 4 is 21.9 Å². The van der Waals surface area contributed by atoms with Gasteiger partial charge in [-0.05, 0) is 35.7 Å². The molecule has 1 heterocycles. The van der Waals surface area contributed by atoms with Crippen molar-refractivity contribution in [2.45, 2.75) is 6.42 Å². The first kappa shape index (κ1) is 12.8. The Labute approximate surface area is 127 Å². The Morgan fingerprint density at radius 2 is 1.45 bits per heavy atom. The topological polar surface area (TPSA) is 30.2 Å². The summed E-state index contributed by atoms with van der Waals surface area (Å²) in [6.45, 7) is 0. The third kappa shape index (κ3) is 2.09. The standard InChI is InChI=1S/C20H14O2/c21-20-16-10-4-5-11-17(16)22-18-12-6-9-15(19(18)20)13-14-7-2-1-3-8-14/h1-12H,13H2. The lowest BCUT2D eigenvalue weighted by atomic mass is 10.00. The van der Waals surface area contributed by atoms with E-state index in [9.17, 15) is 4.79 Å². The van der Waals surface area contributed by atoms with E-state index in [2.05, 4.69) is 12.1 Å². The van der Waals surface area contributed by atoms with Crippen molar-refractivity contribution in [2.24, 2.45) is 0 Å². The van der Waals surface area contributed by atoms with Gasteiger partial charge in [0.1, 0.15) is 11.2 Å². The minimum Gasteiger partial charge on any atom is -0.456 e. The van der Waals surface area contributed by atoms with Crippen molar-refractivity contribution in [1.29, 1.82) is 0 Å². The van der Waals surface area contributed by atoms with Crippen LogP contribution in [0.15, 0.2) is 82.0 Å². The predicted molar refractivity (Wildman–Crippen MR) is 89.2 cm³/mol. The van der Waals surface area contributed by atoms with E-state index in [4.69, 9.17) is 4.42 Å². The van der Waals surface area contributed by atoms with Crippen LogP contribution in [0.1, 0.15) is 11.1 Å². The number of hydrogen-bond donors (Lipinski definition) is 0. The molecule has 0 atom stereocenters. The van der Waals surface area contributed by atoms with Crippen LogP contribution in [0.2, 0.25) is 0 Å². The van der Waals surface area contributed by atoms with Crippen LogP contribution in [0.4, 0.5) is 0 Å². The number of fused-ring (bicyclic) bond motifs is 2. The summed E-state index contributed by atoms with van der Waals surface area (Å²) >= 11 is 0. The van der Waals surface area contributed by atoms with Crippen LogP contribution in [-0.4, -0.2) is 0 Å². The number of rotatable bonds is 2. The highest BCUT2D eigenvalue weighted by Gasteiger charge is 2.11. The molecule has 0 aliphatic carbocycles. The SMILES string of the molecule is O=c1c2ccccc2oc2cccc(Cc3ccccc3)c12. The Kier molecular flexibility index (Phi) is 3.01. The van der Waals surface area contributed by atoms with Gasteiger partial charge < -0.3 is 4.42 Å². The fraction of sp³-hybridized carbons (Fsp3) is 0.0500. The maximum atomic E-state index is 12.8. The van der Waals surface area contributed by atoms with E-state index in [0.717, 1.165) is 12.0 Å². The molecular weight excluding hydrogens is 272 g/mol. The zero-order valence-corrected chi connectivity index (χ0v) is 12.0. The second kappa shape index (κ2) is 5.15. The number of hydrogen-bond acceptors (Lipinski definition) is 2. The molecular formula is C20H14O2. The molecule has 106 valence electrons. The van der Waals surface area contributed by atoms with Crippen molar-refractivity contribution < 1.29 is 4.42 Å². The monoisotopic (exact) mass is 286 g/mol. The van der Waals surface area contributed by atoms with Gasteiger partial charge in [0.15, 0.2) is 0 Å². The van der Waals surface area contributed by atoms with Gasteiger partial charge in [-0.1, -0.05) is 54.6 Å². The van der Waals surface area contributed by atoms with Crippen LogP contribution in [-0.2, 0) is 6.42 Å². The summed E-state index contributed by atoms with van der Waals surface area (Å²) in [5.74, 6) is 0. The minimum absolute atomic E-state index is 0.0448. The average molecular weight is 286 g/mol. The van der Waals surface area contributed by atoms with Crippen LogP contribution in [0.3, 0.4) is 0 Å². The molecule has 0 unspecified atom stereocenters. The summed E-state index contributed by atoms with van der Waals surface area (Å²) in [5, 5.41) is 1.32. The Morgan fingerprint density at radius 3 is 2.32 bits per heavy atom. The fourth-order valence-electron chi connectivity index (χ4n) is 2.88. The molecule has 0 aliphatic rings. The molecule has 0 saturated carbocycles. The lowest BCUT2D eigenvalue weighted by Gasteiger charge is -2.07. The first-order valence-corrected chi connectivity index (χ1v) is 7.30. The smallest absolute Gasteiger partial charge is 0.200 e. The van der Waals surface area contributed by atoms with E-state index in [-0.39, 0.29) is 5.43 Å². The van der Waals surface area contributed by atoms with Crippen LogP contribution in [0, 0.1) is 0 Å². The van der Waals surface area contributed by atoms with Crippen LogP contribution in [0.25, 0.3) is 21.9 Å². The van der Waals surface area contributed by atoms with E-state index in [1.54, 1.807) is 0 Å². The van der Waals surface area contributed by atoms with Crippen molar-refractivity contribution in [3.63, 3.8) is 0 Å².